The predicted molar refractivity (Wildman–Crippen MR) is 37.4 cm³/mol. The fourth-order valence-corrected chi connectivity index (χ4v) is 0.747. The van der Waals surface area contributed by atoms with Crippen molar-refractivity contribution in [3.8, 4) is 0 Å². The summed E-state index contributed by atoms with van der Waals surface area (Å²) in [5.41, 5.74) is 0. The molecule has 0 amide bonds. The average molecular weight is 224 g/mol. The normalized spacial score (nSPS) is 9.25. The second kappa shape index (κ2) is 2.34. The fraction of sp³-hybridized carbons (Fsp3) is 0.250. The van der Waals surface area contributed by atoms with E-state index in [1.165, 1.54) is 4.85 Å². The van der Waals surface area contributed by atoms with Gasteiger partial charge < -0.3 is 4.84 Å². The summed E-state index contributed by atoms with van der Waals surface area (Å²) in [5.74, 6) is 0. The molecule has 0 aliphatic carbocycles. The summed E-state index contributed by atoms with van der Waals surface area (Å²) < 4.78 is 1.07. The summed E-state index contributed by atoms with van der Waals surface area (Å²) >= 11 is 2.16. The summed E-state index contributed by atoms with van der Waals surface area (Å²) in [4.78, 5) is 6.14. The fourth-order valence-electron chi connectivity index (χ4n) is 0.384. The zero-order chi connectivity index (χ0) is 5.98. The molecule has 1 aromatic heterocycles. The van der Waals surface area contributed by atoms with E-state index in [2.05, 4.69) is 27.7 Å². The third-order valence-corrected chi connectivity index (χ3v) is 1.27. The van der Waals surface area contributed by atoms with Crippen molar-refractivity contribution in [2.24, 2.45) is 0 Å². The first-order valence-electron chi connectivity index (χ1n) is 2.07. The molecule has 0 saturated heterocycles. The molecule has 0 fully saturated rings. The van der Waals surface area contributed by atoms with Crippen LogP contribution in [0, 0.1) is 3.57 Å². The van der Waals surface area contributed by atoms with Crippen molar-refractivity contribution in [2.75, 3.05) is 7.11 Å². The SMILES string of the molecule is COn1cc(I)cn1. The lowest BCUT2D eigenvalue weighted by molar-refractivity contribution is 0.134. The Balaban J connectivity index is 2.84. The largest absolute Gasteiger partial charge is 0.400 e. The minimum Gasteiger partial charge on any atom is -0.400 e. The van der Waals surface area contributed by atoms with Gasteiger partial charge in [-0.3, -0.25) is 0 Å². The topological polar surface area (TPSA) is 27.1 Å². The van der Waals surface area contributed by atoms with Gasteiger partial charge in [-0.1, -0.05) is 0 Å². The zero-order valence-corrected chi connectivity index (χ0v) is 6.49. The zero-order valence-electron chi connectivity index (χ0n) is 4.34. The Morgan fingerprint density at radius 2 is 2.62 bits per heavy atom. The summed E-state index contributed by atoms with van der Waals surface area (Å²) in [5, 5.41) is 3.82. The van der Waals surface area contributed by atoms with Crippen molar-refractivity contribution < 1.29 is 4.84 Å². The van der Waals surface area contributed by atoms with E-state index in [0.717, 1.165) is 3.57 Å². The Morgan fingerprint density at radius 3 is 2.88 bits per heavy atom. The Morgan fingerprint density at radius 1 is 1.88 bits per heavy atom. The molecule has 0 radical (unpaired) electrons. The van der Waals surface area contributed by atoms with Gasteiger partial charge in [-0.15, -0.1) is 9.94 Å². The third-order valence-electron chi connectivity index (χ3n) is 0.716. The van der Waals surface area contributed by atoms with E-state index in [0.29, 0.717) is 0 Å². The van der Waals surface area contributed by atoms with Crippen LogP contribution in [-0.2, 0) is 0 Å². The Hall–Kier alpha value is -0.260. The molecule has 0 aromatic carbocycles. The molecule has 0 aliphatic rings. The maximum absolute atomic E-state index is 4.74. The Labute approximate surface area is 60.7 Å². The van der Waals surface area contributed by atoms with E-state index in [1.807, 2.05) is 0 Å². The molecule has 1 heterocycles. The number of hydrogen-bond donors (Lipinski definition) is 0. The molecule has 8 heavy (non-hydrogen) atoms. The van der Waals surface area contributed by atoms with Crippen molar-refractivity contribution in [2.45, 2.75) is 0 Å². The third kappa shape index (κ3) is 1.12. The van der Waals surface area contributed by atoms with E-state index < -0.39 is 0 Å². The molecule has 0 aliphatic heterocycles. The first-order chi connectivity index (χ1) is 3.83. The highest BCUT2D eigenvalue weighted by molar-refractivity contribution is 14.1. The predicted octanol–water partition coefficient (Wildman–Crippen LogP) is 0.546. The van der Waals surface area contributed by atoms with Crippen LogP contribution >= 0.6 is 22.6 Å². The van der Waals surface area contributed by atoms with Gasteiger partial charge in [0, 0.05) is 0 Å². The Bertz CT molecular complexity index is 174. The van der Waals surface area contributed by atoms with Crippen molar-refractivity contribution in [3.63, 3.8) is 0 Å². The average Bonchev–Trinajstić information content (AvgIpc) is 2.14. The van der Waals surface area contributed by atoms with Gasteiger partial charge in [0.2, 0.25) is 0 Å². The van der Waals surface area contributed by atoms with Gasteiger partial charge in [-0.25, -0.2) is 0 Å². The molecule has 4 heteroatoms. The molecular formula is C4H5IN2O. The number of nitrogens with zero attached hydrogens (tertiary/aromatic N) is 2. The smallest absolute Gasteiger partial charge is 0.106 e. The van der Waals surface area contributed by atoms with Crippen molar-refractivity contribution in [1.29, 1.82) is 0 Å². The molecule has 1 aromatic rings. The Kier molecular flexibility index (Phi) is 1.72. The lowest BCUT2D eigenvalue weighted by atomic mass is 10.8. The molecule has 3 nitrogen and oxygen atoms in total. The minimum absolute atomic E-state index is 1.07. The van der Waals surface area contributed by atoms with Gasteiger partial charge in [0.05, 0.1) is 16.0 Å². The molecule has 0 bridgehead atoms. The second-order valence-electron chi connectivity index (χ2n) is 1.24. The monoisotopic (exact) mass is 224 g/mol. The van der Waals surface area contributed by atoms with Crippen LogP contribution in [0.15, 0.2) is 12.4 Å². The standard InChI is InChI=1S/C4H5IN2O/c1-8-7-3-4(5)2-6-7/h2-3H,1H3. The van der Waals surface area contributed by atoms with E-state index >= 15 is 0 Å². The van der Waals surface area contributed by atoms with Crippen molar-refractivity contribution in [1.82, 2.24) is 9.94 Å². The van der Waals surface area contributed by atoms with Gasteiger partial charge >= 0.3 is 0 Å². The molecule has 44 valence electrons. The summed E-state index contributed by atoms with van der Waals surface area (Å²) in [7, 11) is 1.57. The van der Waals surface area contributed by atoms with E-state index in [4.69, 9.17) is 4.84 Å². The molecule has 0 atom stereocenters. The van der Waals surface area contributed by atoms with Crippen LogP contribution in [0.25, 0.3) is 0 Å². The van der Waals surface area contributed by atoms with Crippen LogP contribution < -0.4 is 4.84 Å². The highest BCUT2D eigenvalue weighted by Gasteiger charge is 1.88. The molecule has 0 saturated carbocycles. The number of halogens is 1. The second-order valence-corrected chi connectivity index (χ2v) is 2.49. The quantitative estimate of drug-likeness (QED) is 0.651. The van der Waals surface area contributed by atoms with E-state index in [-0.39, 0.29) is 0 Å². The number of rotatable bonds is 1. The van der Waals surface area contributed by atoms with Crippen LogP contribution in [0.3, 0.4) is 0 Å². The summed E-state index contributed by atoms with van der Waals surface area (Å²) in [6, 6.07) is 0. The van der Waals surface area contributed by atoms with Gasteiger partial charge in [0.15, 0.2) is 0 Å². The van der Waals surface area contributed by atoms with Crippen LogP contribution in [0.5, 0.6) is 0 Å². The van der Waals surface area contributed by atoms with Crippen LogP contribution in [-0.4, -0.2) is 17.1 Å². The number of aromatic nitrogens is 2. The molecule has 0 N–H and O–H groups in total. The van der Waals surface area contributed by atoms with Crippen LogP contribution in [0.1, 0.15) is 0 Å². The molecule has 0 spiro atoms. The number of hydrogen-bond acceptors (Lipinski definition) is 2. The highest BCUT2D eigenvalue weighted by Crippen LogP contribution is 1.98. The van der Waals surface area contributed by atoms with Gasteiger partial charge in [0.1, 0.15) is 7.11 Å². The van der Waals surface area contributed by atoms with Gasteiger partial charge in [-0.05, 0) is 22.6 Å². The summed E-state index contributed by atoms with van der Waals surface area (Å²) in [6.45, 7) is 0. The molecular weight excluding hydrogens is 219 g/mol. The first kappa shape index (κ1) is 5.87. The molecule has 0 unspecified atom stereocenters. The maximum Gasteiger partial charge on any atom is 0.106 e. The van der Waals surface area contributed by atoms with Crippen LogP contribution in [0.2, 0.25) is 0 Å². The van der Waals surface area contributed by atoms with Crippen molar-refractivity contribution >= 4 is 22.6 Å². The first-order valence-corrected chi connectivity index (χ1v) is 3.15. The maximum atomic E-state index is 4.74. The minimum atomic E-state index is 1.07. The summed E-state index contributed by atoms with van der Waals surface area (Å²) in [6.07, 6.45) is 3.52. The van der Waals surface area contributed by atoms with E-state index in [9.17, 15) is 0 Å². The van der Waals surface area contributed by atoms with Crippen LogP contribution in [0.4, 0.5) is 0 Å². The van der Waals surface area contributed by atoms with Gasteiger partial charge in [-0.2, -0.15) is 0 Å². The van der Waals surface area contributed by atoms with E-state index in [1.54, 1.807) is 19.5 Å². The van der Waals surface area contributed by atoms with Gasteiger partial charge in [0.25, 0.3) is 0 Å². The molecule has 1 rings (SSSR count). The van der Waals surface area contributed by atoms with Crippen molar-refractivity contribution in [3.05, 3.63) is 16.0 Å². The highest BCUT2D eigenvalue weighted by atomic mass is 127. The lowest BCUT2D eigenvalue weighted by Crippen LogP contribution is -2.04. The lowest BCUT2D eigenvalue weighted by Gasteiger charge is -1.91.